The zero-order valence-electron chi connectivity index (χ0n) is 16.5. The number of nitrogens with one attached hydrogen (secondary N) is 1. The minimum atomic E-state index is -3.75. The van der Waals surface area contributed by atoms with E-state index in [4.69, 9.17) is 9.47 Å². The van der Waals surface area contributed by atoms with E-state index in [0.717, 1.165) is 5.69 Å². The van der Waals surface area contributed by atoms with Crippen LogP contribution in [0.2, 0.25) is 0 Å². The molecule has 1 aromatic carbocycles. The van der Waals surface area contributed by atoms with Gasteiger partial charge in [0.25, 0.3) is 0 Å². The van der Waals surface area contributed by atoms with Crippen LogP contribution in [0.5, 0.6) is 11.5 Å². The van der Waals surface area contributed by atoms with Gasteiger partial charge in [-0.1, -0.05) is 6.07 Å². The van der Waals surface area contributed by atoms with Gasteiger partial charge in [-0.25, -0.2) is 8.42 Å². The van der Waals surface area contributed by atoms with Crippen LogP contribution < -0.4 is 14.8 Å². The maximum absolute atomic E-state index is 13.1. The predicted molar refractivity (Wildman–Crippen MR) is 107 cm³/mol. The molecule has 156 valence electrons. The highest BCUT2D eigenvalue weighted by molar-refractivity contribution is 7.89. The SMILES string of the molecule is COc1ccc(S(=O)(=O)N2CCC[C@H](C(=O)NCc3ccccn3)C2)cc1OC. The van der Waals surface area contributed by atoms with Crippen molar-refractivity contribution in [1.82, 2.24) is 14.6 Å². The molecule has 0 bridgehead atoms. The van der Waals surface area contributed by atoms with Crippen molar-refractivity contribution in [3.63, 3.8) is 0 Å². The summed E-state index contributed by atoms with van der Waals surface area (Å²) in [5.41, 5.74) is 0.756. The molecule has 1 saturated heterocycles. The van der Waals surface area contributed by atoms with Crippen molar-refractivity contribution in [2.75, 3.05) is 27.3 Å². The van der Waals surface area contributed by atoms with Gasteiger partial charge in [0.2, 0.25) is 15.9 Å². The van der Waals surface area contributed by atoms with Gasteiger partial charge in [0, 0.05) is 25.4 Å². The molecule has 29 heavy (non-hydrogen) atoms. The van der Waals surface area contributed by atoms with Gasteiger partial charge in [-0.05, 0) is 37.1 Å². The quantitative estimate of drug-likeness (QED) is 0.735. The number of sulfonamides is 1. The molecule has 0 spiro atoms. The number of methoxy groups -OCH3 is 2. The number of amides is 1. The third-order valence-electron chi connectivity index (χ3n) is 4.92. The molecule has 2 heterocycles. The lowest BCUT2D eigenvalue weighted by Gasteiger charge is -2.31. The van der Waals surface area contributed by atoms with E-state index in [0.29, 0.717) is 37.4 Å². The molecule has 1 aliphatic heterocycles. The van der Waals surface area contributed by atoms with Crippen LogP contribution in [-0.2, 0) is 21.4 Å². The zero-order chi connectivity index (χ0) is 20.9. The summed E-state index contributed by atoms with van der Waals surface area (Å²) in [5.74, 6) is 0.234. The second-order valence-electron chi connectivity index (χ2n) is 6.76. The Bertz CT molecular complexity index is 950. The molecule has 2 aromatic rings. The lowest BCUT2D eigenvalue weighted by Crippen LogP contribution is -2.45. The highest BCUT2D eigenvalue weighted by Gasteiger charge is 2.33. The molecule has 1 aromatic heterocycles. The van der Waals surface area contributed by atoms with E-state index in [2.05, 4.69) is 10.3 Å². The average Bonchev–Trinajstić information content (AvgIpc) is 2.77. The Labute approximate surface area is 170 Å². The van der Waals surface area contributed by atoms with Crippen molar-refractivity contribution in [2.45, 2.75) is 24.3 Å². The van der Waals surface area contributed by atoms with Gasteiger partial charge in [0.15, 0.2) is 11.5 Å². The fourth-order valence-electron chi connectivity index (χ4n) is 3.33. The molecule has 0 saturated carbocycles. The van der Waals surface area contributed by atoms with E-state index < -0.39 is 15.9 Å². The minimum absolute atomic E-state index is 0.115. The molecule has 0 unspecified atom stereocenters. The van der Waals surface area contributed by atoms with Crippen LogP contribution in [0.3, 0.4) is 0 Å². The maximum atomic E-state index is 13.1. The van der Waals surface area contributed by atoms with Crippen LogP contribution in [0, 0.1) is 5.92 Å². The van der Waals surface area contributed by atoms with Crippen molar-refractivity contribution < 1.29 is 22.7 Å². The Kier molecular flexibility index (Phi) is 6.71. The van der Waals surface area contributed by atoms with Crippen molar-refractivity contribution in [3.8, 4) is 11.5 Å². The van der Waals surface area contributed by atoms with Gasteiger partial charge in [0.05, 0.1) is 37.3 Å². The Morgan fingerprint density at radius 1 is 1.21 bits per heavy atom. The van der Waals surface area contributed by atoms with Crippen LogP contribution in [-0.4, -0.2) is 50.9 Å². The monoisotopic (exact) mass is 419 g/mol. The lowest BCUT2D eigenvalue weighted by molar-refractivity contribution is -0.126. The highest BCUT2D eigenvalue weighted by atomic mass is 32.2. The van der Waals surface area contributed by atoms with Gasteiger partial charge in [-0.3, -0.25) is 9.78 Å². The number of benzene rings is 1. The summed E-state index contributed by atoms with van der Waals surface area (Å²) in [4.78, 5) is 16.9. The van der Waals surface area contributed by atoms with Gasteiger partial charge in [-0.15, -0.1) is 0 Å². The second-order valence-corrected chi connectivity index (χ2v) is 8.70. The summed E-state index contributed by atoms with van der Waals surface area (Å²) < 4.78 is 37.9. The molecule has 1 N–H and O–H groups in total. The number of carbonyl (C=O) groups excluding carboxylic acids is 1. The number of aromatic nitrogens is 1. The van der Waals surface area contributed by atoms with Crippen molar-refractivity contribution in [1.29, 1.82) is 0 Å². The van der Waals surface area contributed by atoms with Crippen LogP contribution in [0.4, 0.5) is 0 Å². The molecular formula is C20H25N3O5S. The van der Waals surface area contributed by atoms with Crippen LogP contribution in [0.25, 0.3) is 0 Å². The van der Waals surface area contributed by atoms with E-state index in [1.165, 1.54) is 30.7 Å². The number of hydrogen-bond acceptors (Lipinski definition) is 6. The molecular weight excluding hydrogens is 394 g/mol. The van der Waals surface area contributed by atoms with Crippen LogP contribution in [0.15, 0.2) is 47.5 Å². The first kappa shape index (κ1) is 21.1. The van der Waals surface area contributed by atoms with Gasteiger partial charge < -0.3 is 14.8 Å². The number of nitrogens with zero attached hydrogens (tertiary/aromatic N) is 2. The number of pyridine rings is 1. The molecule has 9 heteroatoms. The minimum Gasteiger partial charge on any atom is -0.493 e. The second kappa shape index (κ2) is 9.23. The van der Waals surface area contributed by atoms with Gasteiger partial charge >= 0.3 is 0 Å². The summed E-state index contributed by atoms with van der Waals surface area (Å²) in [6, 6.07) is 9.98. The van der Waals surface area contributed by atoms with Crippen molar-refractivity contribution in [2.24, 2.45) is 5.92 Å². The van der Waals surface area contributed by atoms with Gasteiger partial charge in [-0.2, -0.15) is 4.31 Å². The molecule has 8 nitrogen and oxygen atoms in total. The first-order chi connectivity index (χ1) is 14.0. The third kappa shape index (κ3) is 4.86. The van der Waals surface area contributed by atoms with E-state index in [1.807, 2.05) is 18.2 Å². The van der Waals surface area contributed by atoms with E-state index in [9.17, 15) is 13.2 Å². The van der Waals surface area contributed by atoms with E-state index in [-0.39, 0.29) is 17.3 Å². The number of hydrogen-bond donors (Lipinski definition) is 1. The summed E-state index contributed by atoms with van der Waals surface area (Å²) in [6.45, 7) is 0.837. The molecule has 1 atom stereocenters. The largest absolute Gasteiger partial charge is 0.493 e. The molecule has 0 aliphatic carbocycles. The third-order valence-corrected chi connectivity index (χ3v) is 6.78. The van der Waals surface area contributed by atoms with Gasteiger partial charge in [0.1, 0.15) is 0 Å². The Hall–Kier alpha value is -2.65. The summed E-state index contributed by atoms with van der Waals surface area (Å²) >= 11 is 0. The topological polar surface area (TPSA) is 97.8 Å². The number of carbonyl (C=O) groups is 1. The standard InChI is InChI=1S/C20H25N3O5S/c1-27-18-9-8-17(12-19(18)28-2)29(25,26)23-11-5-6-15(14-23)20(24)22-13-16-7-3-4-10-21-16/h3-4,7-10,12,15H,5-6,11,13-14H2,1-2H3,(H,22,24)/t15-/m0/s1. The van der Waals surface area contributed by atoms with Crippen LogP contribution >= 0.6 is 0 Å². The first-order valence-corrected chi connectivity index (χ1v) is 10.8. The fourth-order valence-corrected chi connectivity index (χ4v) is 4.87. The zero-order valence-corrected chi connectivity index (χ0v) is 17.3. The number of piperidine rings is 1. The fraction of sp³-hybridized carbons (Fsp3) is 0.400. The highest BCUT2D eigenvalue weighted by Crippen LogP contribution is 2.32. The Balaban J connectivity index is 1.70. The molecule has 1 aliphatic rings. The summed E-state index contributed by atoms with van der Waals surface area (Å²) in [6.07, 6.45) is 2.93. The molecule has 1 amide bonds. The first-order valence-electron chi connectivity index (χ1n) is 9.35. The number of ether oxygens (including phenoxy) is 2. The smallest absolute Gasteiger partial charge is 0.243 e. The van der Waals surface area contributed by atoms with Crippen molar-refractivity contribution >= 4 is 15.9 Å². The van der Waals surface area contributed by atoms with E-state index in [1.54, 1.807) is 12.3 Å². The van der Waals surface area contributed by atoms with Crippen LogP contribution in [0.1, 0.15) is 18.5 Å². The lowest BCUT2D eigenvalue weighted by atomic mass is 9.99. The summed E-state index contributed by atoms with van der Waals surface area (Å²) in [7, 11) is -0.801. The summed E-state index contributed by atoms with van der Waals surface area (Å²) in [5, 5.41) is 2.85. The Morgan fingerprint density at radius 3 is 2.69 bits per heavy atom. The Morgan fingerprint density at radius 2 is 2.00 bits per heavy atom. The van der Waals surface area contributed by atoms with E-state index >= 15 is 0 Å². The molecule has 1 fully saturated rings. The normalized spacial score (nSPS) is 17.5. The number of rotatable bonds is 7. The predicted octanol–water partition coefficient (Wildman–Crippen LogP) is 1.82. The molecule has 3 rings (SSSR count). The van der Waals surface area contributed by atoms with Crippen molar-refractivity contribution in [3.05, 3.63) is 48.3 Å². The average molecular weight is 420 g/mol. The molecule has 0 radical (unpaired) electrons. The maximum Gasteiger partial charge on any atom is 0.243 e.